The van der Waals surface area contributed by atoms with E-state index in [-0.39, 0.29) is 5.92 Å². The van der Waals surface area contributed by atoms with Crippen molar-refractivity contribution < 1.29 is 9.90 Å². The van der Waals surface area contributed by atoms with Crippen LogP contribution in [0.1, 0.15) is 38.5 Å². The first-order valence-corrected chi connectivity index (χ1v) is 7.48. The van der Waals surface area contributed by atoms with Gasteiger partial charge in [0.05, 0.1) is 5.92 Å². The van der Waals surface area contributed by atoms with Gasteiger partial charge >= 0.3 is 5.97 Å². The van der Waals surface area contributed by atoms with Crippen LogP contribution in [0, 0.1) is 5.92 Å². The number of nitrogens with one attached hydrogen (secondary N) is 1. The van der Waals surface area contributed by atoms with E-state index in [9.17, 15) is 4.79 Å². The Labute approximate surface area is 101 Å². The third-order valence-corrected chi connectivity index (χ3v) is 4.92. The molecule has 1 unspecified atom stereocenters. The van der Waals surface area contributed by atoms with Crippen molar-refractivity contribution in [3.05, 3.63) is 0 Å². The molecule has 2 N–H and O–H groups in total. The topological polar surface area (TPSA) is 49.3 Å². The van der Waals surface area contributed by atoms with Gasteiger partial charge in [0.25, 0.3) is 0 Å². The summed E-state index contributed by atoms with van der Waals surface area (Å²) in [6.07, 6.45) is 6.41. The normalized spacial score (nSPS) is 35.9. The highest BCUT2D eigenvalue weighted by molar-refractivity contribution is 7.99. The predicted molar refractivity (Wildman–Crippen MR) is 66.9 cm³/mol. The van der Waals surface area contributed by atoms with Gasteiger partial charge in [-0.15, -0.1) is 0 Å². The first-order chi connectivity index (χ1) is 7.75. The molecule has 0 aromatic rings. The van der Waals surface area contributed by atoms with E-state index in [0.29, 0.717) is 12.1 Å². The number of carboxylic acids is 1. The molecule has 1 heterocycles. The van der Waals surface area contributed by atoms with Crippen molar-refractivity contribution in [2.45, 2.75) is 50.6 Å². The maximum absolute atomic E-state index is 10.8. The Balaban J connectivity index is 1.70. The highest BCUT2D eigenvalue weighted by Gasteiger charge is 2.27. The molecule has 0 amide bonds. The zero-order valence-corrected chi connectivity index (χ0v) is 10.5. The first-order valence-electron chi connectivity index (χ1n) is 6.32. The third-order valence-electron chi connectivity index (χ3n) is 3.71. The standard InChI is InChI=1S/C12H21NO2S/c14-12(15)9-3-5-10(6-4-9)13-11-2-1-7-16-8-11/h9-11,13H,1-8H2,(H,14,15). The van der Waals surface area contributed by atoms with Crippen molar-refractivity contribution in [3.8, 4) is 0 Å². The molecule has 0 aromatic heterocycles. The second-order valence-electron chi connectivity index (χ2n) is 4.97. The van der Waals surface area contributed by atoms with Crippen molar-refractivity contribution in [2.75, 3.05) is 11.5 Å². The van der Waals surface area contributed by atoms with Crippen LogP contribution in [0.4, 0.5) is 0 Å². The van der Waals surface area contributed by atoms with Gasteiger partial charge in [0.2, 0.25) is 0 Å². The molecule has 1 saturated carbocycles. The van der Waals surface area contributed by atoms with Gasteiger partial charge in [-0.1, -0.05) is 0 Å². The molecule has 16 heavy (non-hydrogen) atoms. The van der Waals surface area contributed by atoms with Gasteiger partial charge in [-0.05, 0) is 44.3 Å². The van der Waals surface area contributed by atoms with Crippen LogP contribution < -0.4 is 5.32 Å². The molecule has 92 valence electrons. The molecule has 1 aliphatic heterocycles. The second kappa shape index (κ2) is 5.92. The van der Waals surface area contributed by atoms with Crippen LogP contribution in [-0.2, 0) is 4.79 Å². The lowest BCUT2D eigenvalue weighted by Gasteiger charge is -2.32. The minimum atomic E-state index is -0.605. The van der Waals surface area contributed by atoms with Gasteiger partial charge in [-0.3, -0.25) is 4.79 Å². The second-order valence-corrected chi connectivity index (χ2v) is 6.12. The fraction of sp³-hybridized carbons (Fsp3) is 0.917. The first kappa shape index (κ1) is 12.2. The molecule has 0 aromatic carbocycles. The Morgan fingerprint density at radius 1 is 1.12 bits per heavy atom. The van der Waals surface area contributed by atoms with Crippen molar-refractivity contribution in [1.82, 2.24) is 5.32 Å². The maximum Gasteiger partial charge on any atom is 0.306 e. The lowest BCUT2D eigenvalue weighted by molar-refractivity contribution is -0.142. The van der Waals surface area contributed by atoms with E-state index in [4.69, 9.17) is 5.11 Å². The average Bonchev–Trinajstić information content (AvgIpc) is 2.31. The van der Waals surface area contributed by atoms with E-state index < -0.39 is 5.97 Å². The molecule has 4 heteroatoms. The number of carboxylic acid groups (broad SMARTS) is 1. The van der Waals surface area contributed by atoms with E-state index in [1.54, 1.807) is 0 Å². The van der Waals surface area contributed by atoms with E-state index in [1.807, 2.05) is 11.8 Å². The van der Waals surface area contributed by atoms with Crippen molar-refractivity contribution in [2.24, 2.45) is 5.92 Å². The Kier molecular flexibility index (Phi) is 4.53. The molecule has 1 saturated heterocycles. The van der Waals surface area contributed by atoms with Gasteiger partial charge in [0.15, 0.2) is 0 Å². The molecule has 2 rings (SSSR count). The monoisotopic (exact) mass is 243 g/mol. The smallest absolute Gasteiger partial charge is 0.306 e. The van der Waals surface area contributed by atoms with Gasteiger partial charge in [0, 0.05) is 17.8 Å². The maximum atomic E-state index is 10.8. The van der Waals surface area contributed by atoms with E-state index in [2.05, 4.69) is 5.32 Å². The zero-order valence-electron chi connectivity index (χ0n) is 9.65. The lowest BCUT2D eigenvalue weighted by Crippen LogP contribution is -2.43. The van der Waals surface area contributed by atoms with E-state index in [0.717, 1.165) is 25.7 Å². The predicted octanol–water partition coefficient (Wildman–Crippen LogP) is 2.11. The Morgan fingerprint density at radius 2 is 1.88 bits per heavy atom. The SMILES string of the molecule is O=C(O)C1CCC(NC2CCCSC2)CC1. The van der Waals surface area contributed by atoms with Crippen LogP contribution in [0.3, 0.4) is 0 Å². The van der Waals surface area contributed by atoms with Crippen LogP contribution in [0.5, 0.6) is 0 Å². The highest BCUT2D eigenvalue weighted by Crippen LogP contribution is 2.26. The fourth-order valence-corrected chi connectivity index (χ4v) is 3.80. The van der Waals surface area contributed by atoms with Crippen LogP contribution in [0.2, 0.25) is 0 Å². The average molecular weight is 243 g/mol. The number of aliphatic carboxylic acids is 1. The molecule has 1 atom stereocenters. The Bertz CT molecular complexity index is 233. The van der Waals surface area contributed by atoms with E-state index in [1.165, 1.54) is 24.3 Å². The quantitative estimate of drug-likeness (QED) is 0.797. The Morgan fingerprint density at radius 3 is 2.44 bits per heavy atom. The molecular weight excluding hydrogens is 222 g/mol. The number of hydrogen-bond donors (Lipinski definition) is 2. The van der Waals surface area contributed by atoms with Gasteiger partial charge in [0.1, 0.15) is 0 Å². The molecule has 0 bridgehead atoms. The van der Waals surface area contributed by atoms with Crippen LogP contribution >= 0.6 is 11.8 Å². The van der Waals surface area contributed by atoms with Gasteiger partial charge in [-0.25, -0.2) is 0 Å². The summed E-state index contributed by atoms with van der Waals surface area (Å²) in [5.74, 6) is 1.86. The van der Waals surface area contributed by atoms with Crippen LogP contribution in [0.15, 0.2) is 0 Å². The Hall–Kier alpha value is -0.220. The number of hydrogen-bond acceptors (Lipinski definition) is 3. The summed E-state index contributed by atoms with van der Waals surface area (Å²) in [4.78, 5) is 10.8. The van der Waals surface area contributed by atoms with Gasteiger partial charge in [-0.2, -0.15) is 11.8 Å². The molecular formula is C12H21NO2S. The summed E-state index contributed by atoms with van der Waals surface area (Å²) >= 11 is 2.04. The molecule has 2 aliphatic rings. The lowest BCUT2D eigenvalue weighted by atomic mass is 9.86. The molecule has 1 aliphatic carbocycles. The fourth-order valence-electron chi connectivity index (χ4n) is 2.71. The number of thioether (sulfide) groups is 1. The summed E-state index contributed by atoms with van der Waals surface area (Å²) in [7, 11) is 0. The zero-order chi connectivity index (χ0) is 11.4. The summed E-state index contributed by atoms with van der Waals surface area (Å²) in [6, 6.07) is 1.24. The summed E-state index contributed by atoms with van der Waals surface area (Å²) in [5.41, 5.74) is 0. The molecule has 2 fully saturated rings. The summed E-state index contributed by atoms with van der Waals surface area (Å²) in [5, 5.41) is 12.6. The minimum absolute atomic E-state index is 0.0845. The number of carbonyl (C=O) groups is 1. The highest BCUT2D eigenvalue weighted by atomic mass is 32.2. The third kappa shape index (κ3) is 3.39. The van der Waals surface area contributed by atoms with Crippen molar-refractivity contribution in [3.63, 3.8) is 0 Å². The van der Waals surface area contributed by atoms with Crippen molar-refractivity contribution >= 4 is 17.7 Å². The number of rotatable bonds is 3. The van der Waals surface area contributed by atoms with Crippen LogP contribution in [0.25, 0.3) is 0 Å². The summed E-state index contributed by atoms with van der Waals surface area (Å²) < 4.78 is 0. The van der Waals surface area contributed by atoms with Crippen LogP contribution in [-0.4, -0.2) is 34.7 Å². The molecule has 3 nitrogen and oxygen atoms in total. The van der Waals surface area contributed by atoms with E-state index >= 15 is 0 Å². The molecule has 0 spiro atoms. The minimum Gasteiger partial charge on any atom is -0.481 e. The largest absolute Gasteiger partial charge is 0.481 e. The van der Waals surface area contributed by atoms with Crippen molar-refractivity contribution in [1.29, 1.82) is 0 Å². The summed E-state index contributed by atoms with van der Waals surface area (Å²) in [6.45, 7) is 0. The van der Waals surface area contributed by atoms with Gasteiger partial charge < -0.3 is 10.4 Å². The molecule has 0 radical (unpaired) electrons.